The van der Waals surface area contributed by atoms with Crippen LogP contribution in [0.15, 0.2) is 35.2 Å². The van der Waals surface area contributed by atoms with Gasteiger partial charge in [-0.1, -0.05) is 6.42 Å². The summed E-state index contributed by atoms with van der Waals surface area (Å²) in [6.45, 7) is 3.24. The van der Waals surface area contributed by atoms with Crippen molar-refractivity contribution in [1.82, 2.24) is 25.3 Å². The number of hydrogen-bond donors (Lipinski definition) is 2. The van der Waals surface area contributed by atoms with E-state index >= 15 is 0 Å². The Morgan fingerprint density at radius 3 is 2.84 bits per heavy atom. The van der Waals surface area contributed by atoms with Gasteiger partial charge in [0.15, 0.2) is 0 Å². The molecular formula is C18H27N5O2. The van der Waals surface area contributed by atoms with Crippen molar-refractivity contribution >= 4 is 6.03 Å². The lowest BCUT2D eigenvalue weighted by molar-refractivity contribution is 0.143. The zero-order chi connectivity index (χ0) is 17.5. The predicted octanol–water partition coefficient (Wildman–Crippen LogP) is 2.08. The van der Waals surface area contributed by atoms with Crippen LogP contribution in [0, 0.1) is 0 Å². The molecule has 7 nitrogen and oxygen atoms in total. The number of likely N-dealkylation sites (tertiary alicyclic amines) is 1. The van der Waals surface area contributed by atoms with E-state index in [1.54, 1.807) is 10.9 Å². The summed E-state index contributed by atoms with van der Waals surface area (Å²) in [6.07, 6.45) is 9.94. The molecule has 2 N–H and O–H groups in total. The highest BCUT2D eigenvalue weighted by Crippen LogP contribution is 2.24. The molecule has 0 aromatic carbocycles. The highest BCUT2D eigenvalue weighted by Gasteiger charge is 2.24. The summed E-state index contributed by atoms with van der Waals surface area (Å²) in [5.41, 5.74) is 1.12. The molecule has 3 heterocycles. The van der Waals surface area contributed by atoms with Crippen LogP contribution in [0.1, 0.15) is 36.6 Å². The molecular weight excluding hydrogens is 318 g/mol. The second kappa shape index (κ2) is 8.71. The Kier molecular flexibility index (Phi) is 6.11. The molecule has 3 rings (SSSR count). The first-order chi connectivity index (χ1) is 12.2. The molecule has 136 valence electrons. The summed E-state index contributed by atoms with van der Waals surface area (Å²) in [5.74, 6) is 0.914. The Bertz CT molecular complexity index is 646. The van der Waals surface area contributed by atoms with Gasteiger partial charge in [-0.3, -0.25) is 9.58 Å². The summed E-state index contributed by atoms with van der Waals surface area (Å²) < 4.78 is 7.37. The maximum Gasteiger partial charge on any atom is 0.314 e. The predicted molar refractivity (Wildman–Crippen MR) is 95.2 cm³/mol. The fourth-order valence-electron chi connectivity index (χ4n) is 3.29. The maximum absolute atomic E-state index is 12.1. The first-order valence-electron chi connectivity index (χ1n) is 8.99. The van der Waals surface area contributed by atoms with Crippen molar-refractivity contribution in [3.8, 4) is 0 Å². The minimum absolute atomic E-state index is 0.0966. The number of amides is 2. The zero-order valence-corrected chi connectivity index (χ0v) is 14.8. The van der Waals surface area contributed by atoms with Crippen LogP contribution in [-0.2, 0) is 13.5 Å². The summed E-state index contributed by atoms with van der Waals surface area (Å²) in [7, 11) is 1.89. The van der Waals surface area contributed by atoms with Gasteiger partial charge in [-0.15, -0.1) is 0 Å². The molecule has 0 unspecified atom stereocenters. The zero-order valence-electron chi connectivity index (χ0n) is 14.8. The third kappa shape index (κ3) is 5.09. The molecule has 1 aliphatic rings. The van der Waals surface area contributed by atoms with Crippen LogP contribution in [-0.4, -0.2) is 46.9 Å². The molecule has 1 fully saturated rings. The van der Waals surface area contributed by atoms with Crippen molar-refractivity contribution < 1.29 is 9.21 Å². The standard InChI is InChI=1S/C18H27N5O2/c1-22-14-15(12-21-22)7-8-19-18(24)20-13-16(17-6-5-11-25-17)23-9-3-2-4-10-23/h5-6,11-12,14,16H,2-4,7-10,13H2,1H3,(H2,19,20,24)/t16-/m0/s1. The summed E-state index contributed by atoms with van der Waals surface area (Å²) in [4.78, 5) is 14.5. The van der Waals surface area contributed by atoms with Gasteiger partial charge < -0.3 is 15.1 Å². The first-order valence-corrected chi connectivity index (χ1v) is 8.99. The summed E-state index contributed by atoms with van der Waals surface area (Å²) >= 11 is 0. The molecule has 1 saturated heterocycles. The second-order valence-electron chi connectivity index (χ2n) is 6.54. The maximum atomic E-state index is 12.1. The molecule has 0 radical (unpaired) electrons. The molecule has 0 bridgehead atoms. The van der Waals surface area contributed by atoms with E-state index in [0.717, 1.165) is 30.8 Å². The lowest BCUT2D eigenvalue weighted by Crippen LogP contribution is -2.44. The van der Waals surface area contributed by atoms with Crippen LogP contribution < -0.4 is 10.6 Å². The van der Waals surface area contributed by atoms with E-state index in [2.05, 4.69) is 20.6 Å². The van der Waals surface area contributed by atoms with Gasteiger partial charge in [0.05, 0.1) is 18.5 Å². The van der Waals surface area contributed by atoms with E-state index in [-0.39, 0.29) is 12.1 Å². The number of nitrogens with zero attached hydrogens (tertiary/aromatic N) is 3. The van der Waals surface area contributed by atoms with Gasteiger partial charge in [0, 0.05) is 26.3 Å². The van der Waals surface area contributed by atoms with E-state index in [1.165, 1.54) is 19.3 Å². The van der Waals surface area contributed by atoms with Gasteiger partial charge in [-0.2, -0.15) is 5.10 Å². The molecule has 7 heteroatoms. The molecule has 25 heavy (non-hydrogen) atoms. The average Bonchev–Trinajstić information content (AvgIpc) is 3.28. The highest BCUT2D eigenvalue weighted by molar-refractivity contribution is 5.73. The molecule has 0 saturated carbocycles. The monoisotopic (exact) mass is 345 g/mol. The van der Waals surface area contributed by atoms with Gasteiger partial charge in [0.25, 0.3) is 0 Å². The number of piperidine rings is 1. The van der Waals surface area contributed by atoms with E-state index in [4.69, 9.17) is 4.42 Å². The molecule has 1 aliphatic heterocycles. The Hall–Kier alpha value is -2.28. The first kappa shape index (κ1) is 17.5. The Morgan fingerprint density at radius 2 is 2.16 bits per heavy atom. The van der Waals surface area contributed by atoms with E-state index in [9.17, 15) is 4.79 Å². The van der Waals surface area contributed by atoms with Crippen LogP contribution >= 0.6 is 0 Å². The fraction of sp³-hybridized carbons (Fsp3) is 0.556. The number of hydrogen-bond acceptors (Lipinski definition) is 4. The summed E-state index contributed by atoms with van der Waals surface area (Å²) in [6, 6.07) is 3.85. The van der Waals surface area contributed by atoms with Crippen LogP contribution in [0.4, 0.5) is 4.79 Å². The van der Waals surface area contributed by atoms with Crippen molar-refractivity contribution in [1.29, 1.82) is 0 Å². The Balaban J connectivity index is 1.46. The molecule has 1 atom stereocenters. The molecule has 0 spiro atoms. The highest BCUT2D eigenvalue weighted by atomic mass is 16.3. The molecule has 0 aliphatic carbocycles. The number of carbonyl (C=O) groups excluding carboxylic acids is 1. The number of urea groups is 1. The van der Waals surface area contributed by atoms with E-state index in [1.807, 2.05) is 31.6 Å². The molecule has 2 amide bonds. The van der Waals surface area contributed by atoms with Crippen LogP contribution in [0.5, 0.6) is 0 Å². The van der Waals surface area contributed by atoms with Gasteiger partial charge in [0.1, 0.15) is 5.76 Å². The molecule has 2 aromatic rings. The number of aromatic nitrogens is 2. The number of aryl methyl sites for hydroxylation is 1. The van der Waals surface area contributed by atoms with E-state index < -0.39 is 0 Å². The van der Waals surface area contributed by atoms with Gasteiger partial charge in [0.2, 0.25) is 0 Å². The molecule has 2 aromatic heterocycles. The number of rotatable bonds is 7. The number of furan rings is 1. The van der Waals surface area contributed by atoms with Crippen LogP contribution in [0.25, 0.3) is 0 Å². The van der Waals surface area contributed by atoms with Crippen LogP contribution in [0.3, 0.4) is 0 Å². The quantitative estimate of drug-likeness (QED) is 0.806. The Morgan fingerprint density at radius 1 is 1.32 bits per heavy atom. The SMILES string of the molecule is Cn1cc(CCNC(=O)NC[C@@H](c2ccco2)N2CCCCC2)cn1. The van der Waals surface area contributed by atoms with Crippen molar-refractivity contribution in [2.24, 2.45) is 7.05 Å². The van der Waals surface area contributed by atoms with Crippen molar-refractivity contribution in [3.63, 3.8) is 0 Å². The lowest BCUT2D eigenvalue weighted by Gasteiger charge is -2.33. The minimum atomic E-state index is -0.141. The largest absolute Gasteiger partial charge is 0.468 e. The van der Waals surface area contributed by atoms with Crippen molar-refractivity contribution in [2.75, 3.05) is 26.2 Å². The van der Waals surface area contributed by atoms with Gasteiger partial charge in [-0.25, -0.2) is 4.79 Å². The van der Waals surface area contributed by atoms with Crippen molar-refractivity contribution in [2.45, 2.75) is 31.7 Å². The van der Waals surface area contributed by atoms with Crippen LogP contribution in [0.2, 0.25) is 0 Å². The number of nitrogens with one attached hydrogen (secondary N) is 2. The van der Waals surface area contributed by atoms with Crippen molar-refractivity contribution in [3.05, 3.63) is 42.1 Å². The van der Waals surface area contributed by atoms with Gasteiger partial charge >= 0.3 is 6.03 Å². The third-order valence-electron chi connectivity index (χ3n) is 4.62. The topological polar surface area (TPSA) is 75.3 Å². The smallest absolute Gasteiger partial charge is 0.314 e. The minimum Gasteiger partial charge on any atom is -0.468 e. The van der Waals surface area contributed by atoms with Gasteiger partial charge in [-0.05, 0) is 50.0 Å². The number of carbonyl (C=O) groups is 1. The fourth-order valence-corrected chi connectivity index (χ4v) is 3.29. The average molecular weight is 345 g/mol. The normalized spacial score (nSPS) is 16.5. The second-order valence-corrected chi connectivity index (χ2v) is 6.54. The Labute approximate surface area is 148 Å². The summed E-state index contributed by atoms with van der Waals surface area (Å²) in [5, 5.41) is 10.0. The van der Waals surface area contributed by atoms with E-state index in [0.29, 0.717) is 13.1 Å². The lowest BCUT2D eigenvalue weighted by atomic mass is 10.1. The third-order valence-corrected chi connectivity index (χ3v) is 4.62.